The van der Waals surface area contributed by atoms with Crippen LogP contribution in [0.1, 0.15) is 12.6 Å². The minimum Gasteiger partial charge on any atom is -0.419 e. The van der Waals surface area contributed by atoms with Crippen molar-refractivity contribution in [1.29, 1.82) is 5.26 Å². The number of piperazine rings is 1. The van der Waals surface area contributed by atoms with Crippen LogP contribution in [0.2, 0.25) is 0 Å². The Morgan fingerprint density at radius 3 is 2.33 bits per heavy atom. The highest BCUT2D eigenvalue weighted by Crippen LogP contribution is 2.29. The minimum absolute atomic E-state index is 0.194. The summed E-state index contributed by atoms with van der Waals surface area (Å²) in [5.74, 6) is 0.793. The Morgan fingerprint density at radius 2 is 1.81 bits per heavy atom. The molecule has 0 N–H and O–H groups in total. The summed E-state index contributed by atoms with van der Waals surface area (Å²) in [5, 5.41) is 9.42. The van der Waals surface area contributed by atoms with Gasteiger partial charge in [-0.05, 0) is 30.8 Å². The van der Waals surface area contributed by atoms with E-state index in [-0.39, 0.29) is 10.6 Å². The smallest absolute Gasteiger partial charge is 0.242 e. The van der Waals surface area contributed by atoms with E-state index < -0.39 is 10.0 Å². The van der Waals surface area contributed by atoms with Crippen LogP contribution in [-0.4, -0.2) is 69.4 Å². The van der Waals surface area contributed by atoms with Crippen molar-refractivity contribution in [2.45, 2.75) is 11.8 Å². The molecule has 2 aromatic rings. The molecule has 1 saturated heterocycles. The van der Waals surface area contributed by atoms with Gasteiger partial charge in [-0.25, -0.2) is 12.7 Å². The normalized spacial score (nSPS) is 15.9. The molecule has 144 valence electrons. The van der Waals surface area contributed by atoms with Crippen molar-refractivity contribution in [3.05, 3.63) is 30.0 Å². The molecule has 2 heterocycles. The third-order valence-electron chi connectivity index (χ3n) is 4.70. The Hall–Kier alpha value is -2.41. The molecule has 27 heavy (non-hydrogen) atoms. The van der Waals surface area contributed by atoms with E-state index in [0.29, 0.717) is 17.3 Å². The van der Waals surface area contributed by atoms with Gasteiger partial charge in [-0.3, -0.25) is 0 Å². The van der Waals surface area contributed by atoms with Crippen LogP contribution in [-0.2, 0) is 10.0 Å². The molecule has 0 saturated carbocycles. The van der Waals surface area contributed by atoms with E-state index in [9.17, 15) is 13.7 Å². The molecular weight excluding hydrogens is 366 g/mol. The standard InChI is InChI=1S/C18H23N5O3S/c1-4-22-9-11-23(12-10-22)18-16(13-19)20-17(26-18)14-5-7-15(8-6-14)27(24,25)21(2)3/h5-8H,4,9-12H2,1-3H3. The van der Waals surface area contributed by atoms with Crippen LogP contribution < -0.4 is 4.90 Å². The number of hydrogen-bond donors (Lipinski definition) is 0. The molecule has 1 aromatic heterocycles. The highest BCUT2D eigenvalue weighted by atomic mass is 32.2. The number of nitriles is 1. The van der Waals surface area contributed by atoms with Gasteiger partial charge in [-0.15, -0.1) is 0 Å². The first-order valence-corrected chi connectivity index (χ1v) is 10.2. The highest BCUT2D eigenvalue weighted by molar-refractivity contribution is 7.89. The molecule has 1 fully saturated rings. The zero-order valence-electron chi connectivity index (χ0n) is 15.7. The van der Waals surface area contributed by atoms with Gasteiger partial charge in [0.1, 0.15) is 6.07 Å². The number of sulfonamides is 1. The fraction of sp³-hybridized carbons (Fsp3) is 0.444. The molecule has 3 rings (SSSR count). The molecule has 1 aliphatic heterocycles. The maximum Gasteiger partial charge on any atom is 0.242 e. The summed E-state index contributed by atoms with van der Waals surface area (Å²) in [7, 11) is -0.517. The molecule has 8 nitrogen and oxygen atoms in total. The largest absolute Gasteiger partial charge is 0.419 e. The van der Waals surface area contributed by atoms with E-state index in [1.54, 1.807) is 12.1 Å². The molecule has 0 unspecified atom stereocenters. The first kappa shape index (κ1) is 19.4. The van der Waals surface area contributed by atoms with Gasteiger partial charge in [0.2, 0.25) is 27.5 Å². The summed E-state index contributed by atoms with van der Waals surface area (Å²) in [6.45, 7) is 6.50. The number of oxazole rings is 1. The number of nitrogens with zero attached hydrogens (tertiary/aromatic N) is 5. The predicted octanol–water partition coefficient (Wildman–Crippen LogP) is 1.61. The van der Waals surface area contributed by atoms with Crippen LogP contribution in [0.15, 0.2) is 33.6 Å². The van der Waals surface area contributed by atoms with Gasteiger partial charge in [-0.2, -0.15) is 10.2 Å². The van der Waals surface area contributed by atoms with Gasteiger partial charge in [-0.1, -0.05) is 6.92 Å². The lowest BCUT2D eigenvalue weighted by Crippen LogP contribution is -2.46. The zero-order valence-corrected chi connectivity index (χ0v) is 16.5. The molecule has 0 radical (unpaired) electrons. The third-order valence-corrected chi connectivity index (χ3v) is 6.53. The molecular formula is C18H23N5O3S. The second kappa shape index (κ2) is 7.68. The fourth-order valence-electron chi connectivity index (χ4n) is 2.97. The van der Waals surface area contributed by atoms with Crippen LogP contribution in [0.5, 0.6) is 0 Å². The second-order valence-electron chi connectivity index (χ2n) is 6.52. The van der Waals surface area contributed by atoms with Gasteiger partial charge in [0.15, 0.2) is 0 Å². The van der Waals surface area contributed by atoms with Crippen LogP contribution in [0.3, 0.4) is 0 Å². The summed E-state index contributed by atoms with van der Waals surface area (Å²) >= 11 is 0. The van der Waals surface area contributed by atoms with Crippen LogP contribution >= 0.6 is 0 Å². The maximum atomic E-state index is 12.2. The molecule has 1 aromatic carbocycles. The SMILES string of the molecule is CCN1CCN(c2oc(-c3ccc(S(=O)(=O)N(C)C)cc3)nc2C#N)CC1. The van der Waals surface area contributed by atoms with Crippen LogP contribution in [0.25, 0.3) is 11.5 Å². The summed E-state index contributed by atoms with van der Waals surface area (Å²) in [6, 6.07) is 8.41. The Balaban J connectivity index is 1.86. The quantitative estimate of drug-likeness (QED) is 0.767. The van der Waals surface area contributed by atoms with Gasteiger partial charge >= 0.3 is 0 Å². The first-order valence-electron chi connectivity index (χ1n) is 8.78. The molecule has 0 spiro atoms. The summed E-state index contributed by atoms with van der Waals surface area (Å²) < 4.78 is 31.4. The van der Waals surface area contributed by atoms with Gasteiger partial charge in [0.05, 0.1) is 4.90 Å². The summed E-state index contributed by atoms with van der Waals surface area (Å²) in [6.07, 6.45) is 0. The maximum absolute atomic E-state index is 12.2. The molecule has 0 aliphatic carbocycles. The number of hydrogen-bond acceptors (Lipinski definition) is 7. The van der Waals surface area contributed by atoms with Crippen molar-refractivity contribution in [3.8, 4) is 17.5 Å². The van der Waals surface area contributed by atoms with Gasteiger partial charge < -0.3 is 14.2 Å². The van der Waals surface area contributed by atoms with Crippen molar-refractivity contribution in [2.75, 3.05) is 51.7 Å². The van der Waals surface area contributed by atoms with Crippen LogP contribution in [0.4, 0.5) is 5.88 Å². The highest BCUT2D eigenvalue weighted by Gasteiger charge is 2.24. The van der Waals surface area contributed by atoms with Crippen molar-refractivity contribution < 1.29 is 12.8 Å². The zero-order chi connectivity index (χ0) is 19.6. The number of aromatic nitrogens is 1. The third kappa shape index (κ3) is 3.83. The summed E-state index contributed by atoms with van der Waals surface area (Å²) in [5.41, 5.74) is 0.877. The second-order valence-corrected chi connectivity index (χ2v) is 8.67. The van der Waals surface area contributed by atoms with Crippen molar-refractivity contribution in [3.63, 3.8) is 0 Å². The van der Waals surface area contributed by atoms with Gasteiger partial charge in [0, 0.05) is 45.8 Å². The monoisotopic (exact) mass is 389 g/mol. The molecule has 1 aliphatic rings. The van der Waals surface area contributed by atoms with E-state index >= 15 is 0 Å². The van der Waals surface area contributed by atoms with Crippen molar-refractivity contribution in [1.82, 2.24) is 14.2 Å². The molecule has 0 bridgehead atoms. The van der Waals surface area contributed by atoms with E-state index in [0.717, 1.165) is 37.0 Å². The molecule has 0 atom stereocenters. The van der Waals surface area contributed by atoms with Crippen molar-refractivity contribution in [2.24, 2.45) is 0 Å². The molecule has 0 amide bonds. The van der Waals surface area contributed by atoms with E-state index in [1.807, 2.05) is 4.90 Å². The lowest BCUT2D eigenvalue weighted by atomic mass is 10.2. The Morgan fingerprint density at radius 1 is 1.19 bits per heavy atom. The lowest BCUT2D eigenvalue weighted by molar-refractivity contribution is 0.266. The lowest BCUT2D eigenvalue weighted by Gasteiger charge is -2.33. The summed E-state index contributed by atoms with van der Waals surface area (Å²) in [4.78, 5) is 8.86. The average Bonchev–Trinajstić information content (AvgIpc) is 3.12. The fourth-order valence-corrected chi connectivity index (χ4v) is 3.87. The number of anilines is 1. The first-order chi connectivity index (χ1) is 12.9. The number of likely N-dealkylation sites (N-methyl/N-ethyl adjacent to an activating group) is 1. The molecule has 9 heteroatoms. The minimum atomic E-state index is -3.49. The Labute approximate surface area is 159 Å². The van der Waals surface area contributed by atoms with Crippen molar-refractivity contribution >= 4 is 15.9 Å². The average molecular weight is 389 g/mol. The van der Waals surface area contributed by atoms with E-state index in [4.69, 9.17) is 4.42 Å². The number of benzene rings is 1. The topological polar surface area (TPSA) is 93.7 Å². The van der Waals surface area contributed by atoms with E-state index in [2.05, 4.69) is 22.9 Å². The van der Waals surface area contributed by atoms with Gasteiger partial charge in [0.25, 0.3) is 0 Å². The van der Waals surface area contributed by atoms with E-state index in [1.165, 1.54) is 26.2 Å². The van der Waals surface area contributed by atoms with Crippen LogP contribution in [0, 0.1) is 11.3 Å². The predicted molar refractivity (Wildman–Crippen MR) is 102 cm³/mol. The Bertz CT molecular complexity index is 936. The Kier molecular flexibility index (Phi) is 5.51. The number of rotatable bonds is 5.